The lowest BCUT2D eigenvalue weighted by Crippen LogP contribution is -1.95. The zero-order valence-electron chi connectivity index (χ0n) is 5.55. The number of hydrogen-bond acceptors (Lipinski definition) is 0. The molecule has 1 radical (unpaired) electrons. The molecule has 0 aromatic rings. The molecule has 0 amide bonds. The molecule has 0 aromatic heterocycles. The summed E-state index contributed by atoms with van der Waals surface area (Å²) in [4.78, 5) is 0. The van der Waals surface area contributed by atoms with Crippen molar-refractivity contribution in [1.82, 2.24) is 0 Å². The van der Waals surface area contributed by atoms with Gasteiger partial charge < -0.3 is 0 Å². The second-order valence-electron chi connectivity index (χ2n) is 2.08. The van der Waals surface area contributed by atoms with Crippen LogP contribution in [0.4, 0.5) is 0 Å². The molecule has 0 aromatic carbocycles. The second-order valence-corrected chi connectivity index (χ2v) is 2.08. The van der Waals surface area contributed by atoms with Crippen LogP contribution >= 0.6 is 0 Å². The van der Waals surface area contributed by atoms with E-state index >= 15 is 0 Å². The smallest absolute Gasteiger partial charge is 0.0850 e. The van der Waals surface area contributed by atoms with Gasteiger partial charge in [0.25, 0.3) is 0 Å². The first-order valence-corrected chi connectivity index (χ1v) is 3.00. The van der Waals surface area contributed by atoms with Crippen LogP contribution in [0.2, 0.25) is 0 Å². The van der Waals surface area contributed by atoms with Gasteiger partial charge in [-0.15, -0.1) is 0 Å². The van der Waals surface area contributed by atoms with Crippen molar-refractivity contribution in [3.8, 4) is 0 Å². The summed E-state index contributed by atoms with van der Waals surface area (Å²) in [7, 11) is 0. The maximum Gasteiger partial charge on any atom is 0.0850 e. The van der Waals surface area contributed by atoms with Gasteiger partial charge in [-0.25, -0.2) is 5.11 Å². The highest BCUT2D eigenvalue weighted by molar-refractivity contribution is 4.78. The van der Waals surface area contributed by atoms with Gasteiger partial charge in [-0.1, -0.05) is 19.1 Å². The molecule has 0 fully saturated rings. The molecule has 0 spiro atoms. The van der Waals surface area contributed by atoms with E-state index in [4.69, 9.17) is 0 Å². The van der Waals surface area contributed by atoms with Crippen LogP contribution in [0.1, 0.15) is 20.3 Å². The Hall–Kier alpha value is -0.300. The summed E-state index contributed by atoms with van der Waals surface area (Å²) in [5, 5.41) is 10.1. The van der Waals surface area contributed by atoms with Crippen LogP contribution in [0, 0.1) is 5.92 Å². The Morgan fingerprint density at radius 1 is 1.62 bits per heavy atom. The Labute approximate surface area is 51.0 Å². The van der Waals surface area contributed by atoms with E-state index in [0.29, 0.717) is 5.92 Å². The van der Waals surface area contributed by atoms with Crippen molar-refractivity contribution >= 4 is 0 Å². The molecule has 0 aliphatic carbocycles. The molecule has 0 N–H and O–H groups in total. The van der Waals surface area contributed by atoms with E-state index in [0.717, 1.165) is 6.42 Å². The predicted octanol–water partition coefficient (Wildman–Crippen LogP) is 2.02. The molecule has 0 saturated carbocycles. The highest BCUT2D eigenvalue weighted by atomic mass is 16.3. The Morgan fingerprint density at radius 2 is 2.25 bits per heavy atom. The average molecular weight is 113 g/mol. The molecule has 47 valence electrons. The van der Waals surface area contributed by atoms with Gasteiger partial charge in [0.1, 0.15) is 0 Å². The molecule has 1 heteroatoms. The number of hydrogen-bond donors (Lipinski definition) is 0. The van der Waals surface area contributed by atoms with Gasteiger partial charge in [0.15, 0.2) is 0 Å². The molecule has 8 heavy (non-hydrogen) atoms. The number of rotatable bonds is 3. The molecule has 1 nitrogen and oxygen atoms in total. The fraction of sp³-hybridized carbons (Fsp3) is 0.714. The lowest BCUT2D eigenvalue weighted by atomic mass is 10.1. The largest absolute Gasteiger partial charge is 0.236 e. The fourth-order valence-electron chi connectivity index (χ4n) is 0.436. The fourth-order valence-corrected chi connectivity index (χ4v) is 0.436. The molecular weight excluding hydrogens is 100 g/mol. The van der Waals surface area contributed by atoms with E-state index in [-0.39, 0.29) is 6.61 Å². The van der Waals surface area contributed by atoms with Crippen molar-refractivity contribution in [2.45, 2.75) is 20.3 Å². The van der Waals surface area contributed by atoms with Crippen molar-refractivity contribution in [1.29, 1.82) is 0 Å². The molecule has 0 aliphatic rings. The lowest BCUT2D eigenvalue weighted by Gasteiger charge is -1.98. The third-order valence-electron chi connectivity index (χ3n) is 1.06. The van der Waals surface area contributed by atoms with Crippen LogP contribution in [0.3, 0.4) is 0 Å². The van der Waals surface area contributed by atoms with Crippen molar-refractivity contribution < 1.29 is 5.11 Å². The first-order chi connectivity index (χ1) is 3.81. The zero-order valence-corrected chi connectivity index (χ0v) is 5.55. The third-order valence-corrected chi connectivity index (χ3v) is 1.06. The van der Waals surface area contributed by atoms with Gasteiger partial charge in [-0.3, -0.25) is 0 Å². The summed E-state index contributed by atoms with van der Waals surface area (Å²) in [5.41, 5.74) is 0. The van der Waals surface area contributed by atoms with Gasteiger partial charge in [0.2, 0.25) is 0 Å². The Morgan fingerprint density at radius 3 is 2.62 bits per heavy atom. The summed E-state index contributed by atoms with van der Waals surface area (Å²) in [6.45, 7) is 3.98. The van der Waals surface area contributed by atoms with Crippen molar-refractivity contribution in [3.63, 3.8) is 0 Å². The van der Waals surface area contributed by atoms with E-state index < -0.39 is 0 Å². The Balaban J connectivity index is 3.10. The maximum absolute atomic E-state index is 10.1. The van der Waals surface area contributed by atoms with Gasteiger partial charge in [0, 0.05) is 0 Å². The van der Waals surface area contributed by atoms with Gasteiger partial charge in [-0.2, -0.15) is 0 Å². The molecule has 0 aliphatic heterocycles. The molecule has 1 unspecified atom stereocenters. The average Bonchev–Trinajstić information content (AvgIpc) is 1.83. The molecule has 0 rings (SSSR count). The van der Waals surface area contributed by atoms with Crippen LogP contribution in [-0.2, 0) is 5.11 Å². The first kappa shape index (κ1) is 7.70. The van der Waals surface area contributed by atoms with Crippen molar-refractivity contribution in [2.75, 3.05) is 6.61 Å². The Bertz CT molecular complexity index is 66.8. The monoisotopic (exact) mass is 113 g/mol. The summed E-state index contributed by atoms with van der Waals surface area (Å²) < 4.78 is 0. The zero-order chi connectivity index (χ0) is 6.41. The van der Waals surface area contributed by atoms with E-state index in [1.54, 1.807) is 0 Å². The van der Waals surface area contributed by atoms with Crippen LogP contribution in [-0.4, -0.2) is 6.61 Å². The van der Waals surface area contributed by atoms with E-state index in [1.165, 1.54) is 0 Å². The van der Waals surface area contributed by atoms with E-state index in [9.17, 15) is 5.11 Å². The highest BCUT2D eigenvalue weighted by Crippen LogP contribution is 1.99. The van der Waals surface area contributed by atoms with Gasteiger partial charge >= 0.3 is 0 Å². The number of allylic oxidation sites excluding steroid dienone is 2. The lowest BCUT2D eigenvalue weighted by molar-refractivity contribution is 0.152. The predicted molar refractivity (Wildman–Crippen MR) is 34.1 cm³/mol. The Kier molecular flexibility index (Phi) is 4.67. The maximum atomic E-state index is 10.1. The first-order valence-electron chi connectivity index (χ1n) is 3.00. The van der Waals surface area contributed by atoms with Crippen LogP contribution in [0.25, 0.3) is 0 Å². The molecule has 0 bridgehead atoms. The highest BCUT2D eigenvalue weighted by Gasteiger charge is 1.94. The summed E-state index contributed by atoms with van der Waals surface area (Å²) in [6.07, 6.45) is 4.94. The SMILES string of the molecule is C/C=C/CC(C)C[O]. The minimum Gasteiger partial charge on any atom is -0.236 e. The quantitative estimate of drug-likeness (QED) is 0.499. The molecular formula is C7H13O. The van der Waals surface area contributed by atoms with Gasteiger partial charge in [-0.05, 0) is 19.3 Å². The third kappa shape index (κ3) is 3.88. The minimum absolute atomic E-state index is 0.0460. The van der Waals surface area contributed by atoms with Gasteiger partial charge in [0.05, 0.1) is 6.61 Å². The summed E-state index contributed by atoms with van der Waals surface area (Å²) in [6, 6.07) is 0. The summed E-state index contributed by atoms with van der Waals surface area (Å²) >= 11 is 0. The second kappa shape index (κ2) is 4.85. The molecule has 0 heterocycles. The summed E-state index contributed by atoms with van der Waals surface area (Å²) in [5.74, 6) is 0.311. The van der Waals surface area contributed by atoms with Crippen molar-refractivity contribution in [2.24, 2.45) is 5.92 Å². The van der Waals surface area contributed by atoms with Crippen LogP contribution in [0.15, 0.2) is 12.2 Å². The minimum atomic E-state index is 0.0460. The normalized spacial score (nSPS) is 14.9. The van der Waals surface area contributed by atoms with E-state index in [2.05, 4.69) is 0 Å². The van der Waals surface area contributed by atoms with Crippen molar-refractivity contribution in [3.05, 3.63) is 12.2 Å². The standard InChI is InChI=1S/C7H13O/c1-3-4-5-7(2)6-8/h3-4,7H,5-6H2,1-2H3/b4-3+. The van der Waals surface area contributed by atoms with Crippen LogP contribution in [0.5, 0.6) is 0 Å². The van der Waals surface area contributed by atoms with E-state index in [1.807, 2.05) is 26.0 Å². The molecule has 0 saturated heterocycles. The van der Waals surface area contributed by atoms with Crippen LogP contribution < -0.4 is 0 Å². The molecule has 1 atom stereocenters. The topological polar surface area (TPSA) is 19.9 Å².